The third-order valence-electron chi connectivity index (χ3n) is 3.68. The van der Waals surface area contributed by atoms with Crippen LogP contribution >= 0.6 is 0 Å². The third kappa shape index (κ3) is 4.85. The van der Waals surface area contributed by atoms with E-state index in [9.17, 15) is 9.59 Å². The molecule has 2 aromatic heterocycles. The summed E-state index contributed by atoms with van der Waals surface area (Å²) in [5.74, 6) is -0.358. The van der Waals surface area contributed by atoms with Crippen molar-refractivity contribution in [3.63, 3.8) is 0 Å². The van der Waals surface area contributed by atoms with Crippen molar-refractivity contribution in [2.75, 3.05) is 17.7 Å². The number of aromatic nitrogens is 3. The molecule has 0 spiro atoms. The monoisotopic (exact) mass is 363 g/mol. The molecular weight excluding hydrogens is 346 g/mol. The molecule has 0 radical (unpaired) electrons. The number of rotatable bonds is 6. The van der Waals surface area contributed by atoms with Crippen molar-refractivity contribution >= 4 is 23.5 Å². The minimum Gasteiger partial charge on any atom is -0.465 e. The predicted molar refractivity (Wildman–Crippen MR) is 99.3 cm³/mol. The van der Waals surface area contributed by atoms with Crippen LogP contribution in [0.15, 0.2) is 61.2 Å². The zero-order chi connectivity index (χ0) is 19.1. The van der Waals surface area contributed by atoms with Crippen LogP contribution in [0.3, 0.4) is 0 Å². The molecule has 8 nitrogen and oxygen atoms in total. The second kappa shape index (κ2) is 8.52. The van der Waals surface area contributed by atoms with Gasteiger partial charge in [-0.05, 0) is 42.0 Å². The molecule has 0 fully saturated rings. The molecule has 27 heavy (non-hydrogen) atoms. The summed E-state index contributed by atoms with van der Waals surface area (Å²) in [6, 6.07) is 10.2. The van der Waals surface area contributed by atoms with Crippen molar-refractivity contribution in [1.82, 2.24) is 15.0 Å². The maximum Gasteiger partial charge on any atom is 0.337 e. The molecule has 0 aliphatic rings. The fraction of sp³-hybridized carbons (Fsp3) is 0.105. The zero-order valence-electron chi connectivity index (χ0n) is 14.5. The van der Waals surface area contributed by atoms with Crippen LogP contribution in [0.25, 0.3) is 0 Å². The van der Waals surface area contributed by atoms with Crippen molar-refractivity contribution < 1.29 is 14.3 Å². The van der Waals surface area contributed by atoms with Gasteiger partial charge in [0.05, 0.1) is 18.2 Å². The molecule has 136 valence electrons. The number of anilines is 2. The van der Waals surface area contributed by atoms with E-state index in [1.165, 1.54) is 19.5 Å². The van der Waals surface area contributed by atoms with Crippen molar-refractivity contribution in [3.05, 3.63) is 77.9 Å². The first kappa shape index (κ1) is 18.0. The molecule has 0 aliphatic carbocycles. The van der Waals surface area contributed by atoms with E-state index < -0.39 is 5.97 Å². The zero-order valence-corrected chi connectivity index (χ0v) is 14.5. The van der Waals surface area contributed by atoms with Crippen LogP contribution in [0.4, 0.5) is 11.6 Å². The highest BCUT2D eigenvalue weighted by molar-refractivity contribution is 6.04. The van der Waals surface area contributed by atoms with Crippen molar-refractivity contribution in [3.8, 4) is 0 Å². The lowest BCUT2D eigenvalue weighted by atomic mass is 10.2. The number of ether oxygens (including phenoxy) is 1. The van der Waals surface area contributed by atoms with Gasteiger partial charge in [-0.3, -0.25) is 9.78 Å². The summed E-state index contributed by atoms with van der Waals surface area (Å²) in [7, 11) is 1.31. The Kier molecular flexibility index (Phi) is 5.68. The molecule has 8 heteroatoms. The number of methoxy groups -OCH3 is 1. The summed E-state index contributed by atoms with van der Waals surface area (Å²) >= 11 is 0. The van der Waals surface area contributed by atoms with E-state index in [4.69, 9.17) is 0 Å². The second-order valence-electron chi connectivity index (χ2n) is 5.53. The first-order valence-corrected chi connectivity index (χ1v) is 8.10. The Morgan fingerprint density at radius 2 is 1.63 bits per heavy atom. The smallest absolute Gasteiger partial charge is 0.337 e. The SMILES string of the molecule is COC(=O)c1ccc(NC(=O)c2cnc(NCc3ccncc3)nc2)cc1. The van der Waals surface area contributed by atoms with Gasteiger partial charge in [0, 0.05) is 37.0 Å². The number of nitrogens with one attached hydrogen (secondary N) is 2. The number of hydrogen-bond donors (Lipinski definition) is 2. The van der Waals surface area contributed by atoms with Gasteiger partial charge in [-0.15, -0.1) is 0 Å². The normalized spacial score (nSPS) is 10.1. The third-order valence-corrected chi connectivity index (χ3v) is 3.68. The summed E-state index contributed by atoms with van der Waals surface area (Å²) < 4.78 is 4.63. The van der Waals surface area contributed by atoms with E-state index in [2.05, 4.69) is 30.3 Å². The van der Waals surface area contributed by atoms with Gasteiger partial charge in [0.2, 0.25) is 5.95 Å². The van der Waals surface area contributed by atoms with E-state index in [0.29, 0.717) is 29.3 Å². The number of amides is 1. The van der Waals surface area contributed by atoms with Crippen LogP contribution in [-0.2, 0) is 11.3 Å². The lowest BCUT2D eigenvalue weighted by molar-refractivity contribution is 0.0600. The van der Waals surface area contributed by atoms with E-state index >= 15 is 0 Å². The Morgan fingerprint density at radius 3 is 2.26 bits per heavy atom. The molecule has 0 unspecified atom stereocenters. The Hall–Kier alpha value is -3.81. The Labute approximate surface area is 155 Å². The quantitative estimate of drug-likeness (QED) is 0.648. The van der Waals surface area contributed by atoms with Gasteiger partial charge in [0.15, 0.2) is 0 Å². The topological polar surface area (TPSA) is 106 Å². The summed E-state index contributed by atoms with van der Waals surface area (Å²) in [5, 5.41) is 5.79. The van der Waals surface area contributed by atoms with E-state index in [1.807, 2.05) is 12.1 Å². The molecule has 2 heterocycles. The number of hydrogen-bond acceptors (Lipinski definition) is 7. The van der Waals surface area contributed by atoms with Gasteiger partial charge < -0.3 is 15.4 Å². The average Bonchev–Trinajstić information content (AvgIpc) is 2.73. The molecule has 3 rings (SSSR count). The van der Waals surface area contributed by atoms with Crippen molar-refractivity contribution in [1.29, 1.82) is 0 Å². The largest absolute Gasteiger partial charge is 0.465 e. The van der Waals surface area contributed by atoms with Crippen molar-refractivity contribution in [2.24, 2.45) is 0 Å². The number of carbonyl (C=O) groups is 2. The van der Waals surface area contributed by atoms with Crippen LogP contribution in [0.2, 0.25) is 0 Å². The van der Waals surface area contributed by atoms with Crippen molar-refractivity contribution in [2.45, 2.75) is 6.54 Å². The van der Waals surface area contributed by atoms with Crippen LogP contribution in [-0.4, -0.2) is 33.9 Å². The van der Waals surface area contributed by atoms with Gasteiger partial charge in [0.25, 0.3) is 5.91 Å². The summed E-state index contributed by atoms with van der Waals surface area (Å²) in [6.45, 7) is 0.556. The minimum absolute atomic E-state index is 0.321. The fourth-order valence-electron chi connectivity index (χ4n) is 2.23. The maximum absolute atomic E-state index is 12.3. The van der Waals surface area contributed by atoms with Gasteiger partial charge in [-0.25, -0.2) is 14.8 Å². The number of pyridine rings is 1. The van der Waals surface area contributed by atoms with Crippen LogP contribution in [0.1, 0.15) is 26.3 Å². The highest BCUT2D eigenvalue weighted by Gasteiger charge is 2.09. The highest BCUT2D eigenvalue weighted by Crippen LogP contribution is 2.12. The van der Waals surface area contributed by atoms with E-state index in [0.717, 1.165) is 5.56 Å². The summed E-state index contributed by atoms with van der Waals surface area (Å²) in [4.78, 5) is 35.9. The lowest BCUT2D eigenvalue weighted by Gasteiger charge is -2.07. The maximum atomic E-state index is 12.3. The Balaban J connectivity index is 1.58. The second-order valence-corrected chi connectivity index (χ2v) is 5.53. The van der Waals surface area contributed by atoms with Crippen LogP contribution in [0.5, 0.6) is 0 Å². The molecule has 3 aromatic rings. The fourth-order valence-corrected chi connectivity index (χ4v) is 2.23. The standard InChI is InChI=1S/C19H17N5O3/c1-27-18(26)14-2-4-16(5-3-14)24-17(25)15-11-22-19(23-12-15)21-10-13-6-8-20-9-7-13/h2-9,11-12H,10H2,1H3,(H,24,25)(H,21,22,23). The predicted octanol–water partition coefficient (Wildman–Crippen LogP) is 2.52. The Bertz CT molecular complexity index is 912. The van der Waals surface area contributed by atoms with Gasteiger partial charge in [-0.1, -0.05) is 0 Å². The molecule has 0 aliphatic heterocycles. The first-order chi connectivity index (χ1) is 13.2. The molecule has 0 atom stereocenters. The van der Waals surface area contributed by atoms with Gasteiger partial charge in [-0.2, -0.15) is 0 Å². The number of benzene rings is 1. The Morgan fingerprint density at radius 1 is 0.963 bits per heavy atom. The lowest BCUT2D eigenvalue weighted by Crippen LogP contribution is -2.13. The number of carbonyl (C=O) groups excluding carboxylic acids is 2. The molecule has 0 saturated heterocycles. The van der Waals surface area contributed by atoms with Gasteiger partial charge in [0.1, 0.15) is 0 Å². The summed E-state index contributed by atoms with van der Waals surface area (Å²) in [6.07, 6.45) is 6.31. The summed E-state index contributed by atoms with van der Waals surface area (Å²) in [5.41, 5.74) is 2.32. The van der Waals surface area contributed by atoms with E-state index in [1.54, 1.807) is 36.7 Å². The molecule has 2 N–H and O–H groups in total. The average molecular weight is 363 g/mol. The molecule has 0 saturated carbocycles. The van der Waals surface area contributed by atoms with Crippen LogP contribution < -0.4 is 10.6 Å². The molecular formula is C19H17N5O3. The molecule has 1 aromatic carbocycles. The van der Waals surface area contributed by atoms with E-state index in [-0.39, 0.29) is 5.91 Å². The van der Waals surface area contributed by atoms with Crippen LogP contribution in [0, 0.1) is 0 Å². The molecule has 1 amide bonds. The number of esters is 1. The minimum atomic E-state index is -0.434. The van der Waals surface area contributed by atoms with Gasteiger partial charge >= 0.3 is 5.97 Å². The highest BCUT2D eigenvalue weighted by atomic mass is 16.5. The number of nitrogens with zero attached hydrogens (tertiary/aromatic N) is 3. The molecule has 0 bridgehead atoms. The first-order valence-electron chi connectivity index (χ1n) is 8.10.